The summed E-state index contributed by atoms with van der Waals surface area (Å²) in [4.78, 5) is 53.4. The zero-order chi connectivity index (χ0) is 28.3. The van der Waals surface area contributed by atoms with E-state index in [2.05, 4.69) is 10.6 Å². The number of carbonyl (C=O) groups excluding carboxylic acids is 4. The SMILES string of the molecule is COC(=O)c1ccc2c(c1)NC(=O)C2=C(Nc1ccc(N(C)C(=O)CN(C)C)c(C(N)=O)c1)c1ccccc1. The van der Waals surface area contributed by atoms with Crippen LogP contribution < -0.4 is 21.3 Å². The van der Waals surface area contributed by atoms with Crippen molar-refractivity contribution in [3.8, 4) is 0 Å². The maximum absolute atomic E-state index is 13.2. The van der Waals surface area contributed by atoms with Gasteiger partial charge in [0.05, 0.1) is 47.4 Å². The molecule has 0 unspecified atom stereocenters. The first-order valence-corrected chi connectivity index (χ1v) is 12.1. The first-order chi connectivity index (χ1) is 18.6. The van der Waals surface area contributed by atoms with E-state index in [0.717, 1.165) is 5.56 Å². The first-order valence-electron chi connectivity index (χ1n) is 12.1. The van der Waals surface area contributed by atoms with Gasteiger partial charge in [-0.2, -0.15) is 0 Å². The molecule has 4 N–H and O–H groups in total. The second-order valence-corrected chi connectivity index (χ2v) is 9.23. The fourth-order valence-electron chi connectivity index (χ4n) is 4.31. The fraction of sp³-hybridized carbons (Fsp3) is 0.172. The van der Waals surface area contributed by atoms with Crippen LogP contribution in [0.4, 0.5) is 17.1 Å². The molecule has 10 heteroatoms. The van der Waals surface area contributed by atoms with E-state index in [4.69, 9.17) is 10.5 Å². The molecule has 1 aliphatic heterocycles. The van der Waals surface area contributed by atoms with Crippen LogP contribution in [0.1, 0.15) is 31.8 Å². The number of likely N-dealkylation sites (N-methyl/N-ethyl adjacent to an activating group) is 2. The van der Waals surface area contributed by atoms with Crippen molar-refractivity contribution in [2.45, 2.75) is 0 Å². The number of esters is 1. The lowest BCUT2D eigenvalue weighted by Crippen LogP contribution is -2.36. The average molecular weight is 528 g/mol. The Morgan fingerprint density at radius 3 is 2.31 bits per heavy atom. The van der Waals surface area contributed by atoms with Crippen molar-refractivity contribution >= 4 is 52.0 Å². The number of hydrogen-bond donors (Lipinski definition) is 3. The molecule has 10 nitrogen and oxygen atoms in total. The summed E-state index contributed by atoms with van der Waals surface area (Å²) in [6.07, 6.45) is 0. The molecule has 3 aromatic carbocycles. The van der Waals surface area contributed by atoms with Gasteiger partial charge < -0.3 is 30.9 Å². The third kappa shape index (κ3) is 5.65. The number of nitrogens with zero attached hydrogens (tertiary/aromatic N) is 2. The molecule has 3 aromatic rings. The van der Waals surface area contributed by atoms with Crippen molar-refractivity contribution in [1.29, 1.82) is 0 Å². The number of amides is 3. The van der Waals surface area contributed by atoms with Crippen molar-refractivity contribution < 1.29 is 23.9 Å². The molecular weight excluding hydrogens is 498 g/mol. The van der Waals surface area contributed by atoms with E-state index in [1.165, 1.54) is 12.0 Å². The van der Waals surface area contributed by atoms with Gasteiger partial charge in [0.2, 0.25) is 5.91 Å². The molecule has 0 fully saturated rings. The van der Waals surface area contributed by atoms with Crippen LogP contribution in [0.2, 0.25) is 0 Å². The Balaban J connectivity index is 1.81. The Bertz CT molecular complexity index is 1500. The van der Waals surface area contributed by atoms with Gasteiger partial charge in [-0.15, -0.1) is 0 Å². The standard InChI is InChI=1S/C29H29N5O5/c1-33(2)16-24(35)34(3)23-13-11-19(15-21(23)27(30)36)31-26(17-8-6-5-7-9-17)25-20-12-10-18(29(38)39-4)14-22(20)32-28(25)37/h5-15,31H,16H2,1-4H3,(H2,30,36)(H,32,37). The third-order valence-corrected chi connectivity index (χ3v) is 6.22. The number of benzene rings is 3. The molecule has 200 valence electrons. The summed E-state index contributed by atoms with van der Waals surface area (Å²) in [6.45, 7) is 0.158. The zero-order valence-electron chi connectivity index (χ0n) is 22.1. The van der Waals surface area contributed by atoms with Crippen LogP contribution in [0.5, 0.6) is 0 Å². The Kier molecular flexibility index (Phi) is 7.78. The minimum atomic E-state index is -0.702. The molecule has 1 aliphatic rings. The van der Waals surface area contributed by atoms with E-state index in [0.29, 0.717) is 39.5 Å². The Morgan fingerprint density at radius 2 is 1.67 bits per heavy atom. The highest BCUT2D eigenvalue weighted by molar-refractivity contribution is 6.37. The minimum Gasteiger partial charge on any atom is -0.465 e. The quantitative estimate of drug-likeness (QED) is 0.303. The summed E-state index contributed by atoms with van der Waals surface area (Å²) in [6, 6.07) is 19.0. The summed E-state index contributed by atoms with van der Waals surface area (Å²) in [5, 5.41) is 6.11. The van der Waals surface area contributed by atoms with Gasteiger partial charge in [-0.25, -0.2) is 4.79 Å². The maximum atomic E-state index is 13.2. The smallest absolute Gasteiger partial charge is 0.337 e. The Morgan fingerprint density at radius 1 is 0.949 bits per heavy atom. The van der Waals surface area contributed by atoms with Crippen LogP contribution in [0.15, 0.2) is 66.7 Å². The number of ether oxygens (including phenoxy) is 1. The number of nitrogens with two attached hydrogens (primary N) is 1. The van der Waals surface area contributed by atoms with Crippen LogP contribution >= 0.6 is 0 Å². The number of carbonyl (C=O) groups is 4. The maximum Gasteiger partial charge on any atom is 0.337 e. The molecule has 0 saturated carbocycles. The molecule has 0 atom stereocenters. The number of primary amides is 1. The van der Waals surface area contributed by atoms with Gasteiger partial charge in [-0.3, -0.25) is 14.4 Å². The predicted molar refractivity (Wildman–Crippen MR) is 150 cm³/mol. The average Bonchev–Trinajstić information content (AvgIpc) is 3.25. The monoisotopic (exact) mass is 527 g/mol. The second-order valence-electron chi connectivity index (χ2n) is 9.23. The number of methoxy groups -OCH3 is 1. The summed E-state index contributed by atoms with van der Waals surface area (Å²) in [7, 11) is 6.43. The first kappa shape index (κ1) is 27.1. The van der Waals surface area contributed by atoms with Crippen LogP contribution in [-0.2, 0) is 14.3 Å². The highest BCUT2D eigenvalue weighted by atomic mass is 16.5. The number of anilines is 3. The Hall–Kier alpha value is -4.96. The Labute approximate surface area is 226 Å². The highest BCUT2D eigenvalue weighted by Crippen LogP contribution is 2.38. The van der Waals surface area contributed by atoms with Crippen LogP contribution in [0.3, 0.4) is 0 Å². The van der Waals surface area contributed by atoms with Crippen molar-refractivity contribution in [1.82, 2.24) is 4.90 Å². The summed E-state index contributed by atoms with van der Waals surface area (Å²) >= 11 is 0. The largest absolute Gasteiger partial charge is 0.465 e. The lowest BCUT2D eigenvalue weighted by Gasteiger charge is -2.23. The van der Waals surface area contributed by atoms with E-state index >= 15 is 0 Å². The van der Waals surface area contributed by atoms with Crippen LogP contribution in [0, 0.1) is 0 Å². The molecule has 0 aliphatic carbocycles. The van der Waals surface area contributed by atoms with Crippen molar-refractivity contribution in [2.24, 2.45) is 5.73 Å². The molecule has 0 bridgehead atoms. The molecular formula is C29H29N5O5. The van der Waals surface area contributed by atoms with Crippen molar-refractivity contribution in [3.63, 3.8) is 0 Å². The lowest BCUT2D eigenvalue weighted by molar-refractivity contribution is -0.119. The number of rotatable bonds is 8. The summed E-state index contributed by atoms with van der Waals surface area (Å²) < 4.78 is 4.80. The van der Waals surface area contributed by atoms with Crippen molar-refractivity contribution in [2.75, 3.05) is 50.3 Å². The molecule has 0 saturated heterocycles. The molecule has 3 amide bonds. The normalized spacial score (nSPS) is 13.4. The van der Waals surface area contributed by atoms with E-state index in [1.54, 1.807) is 62.4 Å². The third-order valence-electron chi connectivity index (χ3n) is 6.22. The van der Waals surface area contributed by atoms with Gasteiger partial charge in [0.1, 0.15) is 0 Å². The lowest BCUT2D eigenvalue weighted by atomic mass is 9.98. The van der Waals surface area contributed by atoms with Gasteiger partial charge >= 0.3 is 5.97 Å². The highest BCUT2D eigenvalue weighted by Gasteiger charge is 2.29. The molecule has 1 heterocycles. The van der Waals surface area contributed by atoms with E-state index in [9.17, 15) is 19.2 Å². The zero-order valence-corrected chi connectivity index (χ0v) is 22.1. The predicted octanol–water partition coefficient (Wildman–Crippen LogP) is 3.03. The van der Waals surface area contributed by atoms with Gasteiger partial charge in [0.15, 0.2) is 0 Å². The molecule has 4 rings (SSSR count). The second kappa shape index (κ2) is 11.2. The summed E-state index contributed by atoms with van der Waals surface area (Å²) in [5.74, 6) is -1.79. The van der Waals surface area contributed by atoms with E-state index in [1.807, 2.05) is 30.3 Å². The number of hydrogen-bond acceptors (Lipinski definition) is 7. The van der Waals surface area contributed by atoms with Gasteiger partial charge in [-0.05, 0) is 50.0 Å². The van der Waals surface area contributed by atoms with E-state index in [-0.39, 0.29) is 23.9 Å². The number of nitrogens with one attached hydrogen (secondary N) is 2. The molecule has 0 radical (unpaired) electrons. The van der Waals surface area contributed by atoms with Crippen LogP contribution in [-0.4, -0.2) is 63.4 Å². The van der Waals surface area contributed by atoms with Crippen molar-refractivity contribution in [3.05, 3.63) is 89.0 Å². The van der Waals surface area contributed by atoms with Gasteiger partial charge in [0.25, 0.3) is 11.8 Å². The number of fused-ring (bicyclic) bond motifs is 1. The summed E-state index contributed by atoms with van der Waals surface area (Å²) in [5.41, 5.74) is 9.63. The van der Waals surface area contributed by atoms with Gasteiger partial charge in [-0.1, -0.05) is 36.4 Å². The van der Waals surface area contributed by atoms with Gasteiger partial charge in [0, 0.05) is 18.3 Å². The molecule has 0 aromatic heterocycles. The fourth-order valence-corrected chi connectivity index (χ4v) is 4.31. The molecule has 39 heavy (non-hydrogen) atoms. The minimum absolute atomic E-state index is 0.144. The topological polar surface area (TPSA) is 134 Å². The van der Waals surface area contributed by atoms with Crippen LogP contribution in [0.25, 0.3) is 11.3 Å². The van der Waals surface area contributed by atoms with E-state index < -0.39 is 11.9 Å². The molecule has 0 spiro atoms.